The van der Waals surface area contributed by atoms with Gasteiger partial charge in [0.15, 0.2) is 0 Å². The number of nitrogens with zero attached hydrogens (tertiary/aromatic N) is 6. The number of likely N-dealkylation sites (tertiary alicyclic amines) is 1. The topological polar surface area (TPSA) is 158 Å². The average molecular weight is 788 g/mol. The van der Waals surface area contributed by atoms with Gasteiger partial charge in [-0.15, -0.1) is 0 Å². The van der Waals surface area contributed by atoms with Crippen LogP contribution in [0.25, 0.3) is 11.3 Å². The fraction of sp³-hybridized carbons (Fsp3) is 0.432. The van der Waals surface area contributed by atoms with Crippen LogP contribution in [-0.2, 0) is 9.59 Å². The second-order valence-corrected chi connectivity index (χ2v) is 16.0. The van der Waals surface area contributed by atoms with E-state index in [4.69, 9.17) is 15.6 Å². The number of anilines is 3. The molecule has 0 unspecified atom stereocenters. The Bertz CT molecular complexity index is 2090. The first-order valence-electron chi connectivity index (χ1n) is 20.6. The fourth-order valence-corrected chi connectivity index (χ4v) is 9.02. The van der Waals surface area contributed by atoms with Gasteiger partial charge in [-0.2, -0.15) is 5.10 Å². The second-order valence-electron chi connectivity index (χ2n) is 16.0. The maximum atomic E-state index is 13.4. The SMILES string of the molecule is CN(CCC(=O)N1CCC([C@@H]2CCNc3c(C(N)=O)c(-c4ccc(Oc5ccccc5)cc4)nn32)CC1)CC1CCN(c2ccc(N3CCC(=O)NC3=O)cc2)CC1. The lowest BCUT2D eigenvalue weighted by Crippen LogP contribution is -2.49. The fourth-order valence-electron chi connectivity index (χ4n) is 9.02. The molecule has 3 saturated heterocycles. The molecule has 5 amide bonds. The quantitative estimate of drug-likeness (QED) is 0.163. The van der Waals surface area contributed by atoms with E-state index in [0.717, 1.165) is 101 Å². The molecule has 3 fully saturated rings. The van der Waals surface area contributed by atoms with Crippen molar-refractivity contribution in [1.29, 1.82) is 0 Å². The number of nitrogens with two attached hydrogens (primary N) is 1. The molecule has 58 heavy (non-hydrogen) atoms. The van der Waals surface area contributed by atoms with Crippen molar-refractivity contribution in [2.45, 2.75) is 51.0 Å². The number of fused-ring (bicyclic) bond motifs is 1. The molecule has 1 atom stereocenters. The molecule has 8 rings (SSSR count). The predicted octanol–water partition coefficient (Wildman–Crippen LogP) is 5.72. The molecule has 304 valence electrons. The van der Waals surface area contributed by atoms with Gasteiger partial charge in [-0.1, -0.05) is 18.2 Å². The Morgan fingerprint density at radius 3 is 2.22 bits per heavy atom. The number of imide groups is 1. The van der Waals surface area contributed by atoms with Crippen molar-refractivity contribution in [3.8, 4) is 22.8 Å². The normalized spacial score (nSPS) is 19.1. The lowest BCUT2D eigenvalue weighted by molar-refractivity contribution is -0.133. The van der Waals surface area contributed by atoms with Crippen molar-refractivity contribution in [1.82, 2.24) is 24.9 Å². The van der Waals surface area contributed by atoms with Crippen LogP contribution in [0.3, 0.4) is 0 Å². The van der Waals surface area contributed by atoms with Crippen molar-refractivity contribution < 1.29 is 23.9 Å². The van der Waals surface area contributed by atoms with E-state index in [0.29, 0.717) is 54.0 Å². The summed E-state index contributed by atoms with van der Waals surface area (Å²) in [5.74, 6) is 2.47. The van der Waals surface area contributed by atoms with E-state index in [1.54, 1.807) is 4.90 Å². The third kappa shape index (κ3) is 8.66. The minimum absolute atomic E-state index is 0.105. The third-order valence-electron chi connectivity index (χ3n) is 12.2. The van der Waals surface area contributed by atoms with Crippen LogP contribution in [0.15, 0.2) is 78.9 Å². The van der Waals surface area contributed by atoms with Crippen molar-refractivity contribution in [2.75, 3.05) is 74.5 Å². The summed E-state index contributed by atoms with van der Waals surface area (Å²) in [7, 11) is 2.12. The van der Waals surface area contributed by atoms with Gasteiger partial charge in [0.25, 0.3) is 5.91 Å². The minimum atomic E-state index is -0.515. The van der Waals surface area contributed by atoms with Gasteiger partial charge in [0, 0.05) is 82.1 Å². The first-order chi connectivity index (χ1) is 28.2. The van der Waals surface area contributed by atoms with Crippen molar-refractivity contribution in [3.63, 3.8) is 0 Å². The highest BCUT2D eigenvalue weighted by molar-refractivity contribution is 6.05. The molecule has 5 heterocycles. The van der Waals surface area contributed by atoms with E-state index in [1.807, 2.05) is 76.3 Å². The van der Waals surface area contributed by atoms with E-state index in [9.17, 15) is 19.2 Å². The van der Waals surface area contributed by atoms with Gasteiger partial charge in [-0.25, -0.2) is 9.48 Å². The van der Waals surface area contributed by atoms with Crippen LogP contribution in [0.5, 0.6) is 11.5 Å². The Morgan fingerprint density at radius 1 is 0.845 bits per heavy atom. The van der Waals surface area contributed by atoms with Crippen molar-refractivity contribution in [3.05, 3.63) is 84.4 Å². The second kappa shape index (κ2) is 17.3. The highest BCUT2D eigenvalue weighted by atomic mass is 16.5. The Morgan fingerprint density at radius 2 is 1.53 bits per heavy atom. The molecule has 4 aliphatic rings. The first-order valence-corrected chi connectivity index (χ1v) is 20.6. The number of piperidine rings is 2. The number of aromatic nitrogens is 2. The van der Waals surface area contributed by atoms with Crippen LogP contribution < -0.4 is 30.9 Å². The van der Waals surface area contributed by atoms with E-state index >= 15 is 0 Å². The number of ether oxygens (including phenoxy) is 1. The zero-order chi connectivity index (χ0) is 40.2. The molecule has 0 saturated carbocycles. The molecule has 1 aromatic heterocycles. The van der Waals surface area contributed by atoms with Crippen LogP contribution in [0.4, 0.5) is 22.0 Å². The molecule has 0 aliphatic carbocycles. The molecule has 0 bridgehead atoms. The molecule has 4 aromatic rings. The lowest BCUT2D eigenvalue weighted by atomic mass is 9.86. The molecule has 0 spiro atoms. The summed E-state index contributed by atoms with van der Waals surface area (Å²) in [5.41, 5.74) is 9.66. The van der Waals surface area contributed by atoms with Gasteiger partial charge in [0.2, 0.25) is 11.8 Å². The van der Waals surface area contributed by atoms with Crippen molar-refractivity contribution in [2.24, 2.45) is 17.6 Å². The molecule has 4 N–H and O–H groups in total. The Kier molecular flexibility index (Phi) is 11.6. The number of benzene rings is 3. The number of urea groups is 1. The highest BCUT2D eigenvalue weighted by Crippen LogP contribution is 2.40. The van der Waals surface area contributed by atoms with E-state index < -0.39 is 5.91 Å². The summed E-state index contributed by atoms with van der Waals surface area (Å²) >= 11 is 0. The molecule has 4 aliphatic heterocycles. The van der Waals surface area contributed by atoms with Crippen molar-refractivity contribution >= 4 is 40.9 Å². The summed E-state index contributed by atoms with van der Waals surface area (Å²) in [6.45, 7) is 6.18. The summed E-state index contributed by atoms with van der Waals surface area (Å²) in [5, 5.41) is 10.8. The van der Waals surface area contributed by atoms with Crippen LogP contribution in [0.1, 0.15) is 61.3 Å². The average Bonchev–Trinajstić information content (AvgIpc) is 3.65. The highest BCUT2D eigenvalue weighted by Gasteiger charge is 2.36. The number of nitrogens with one attached hydrogen (secondary N) is 2. The van der Waals surface area contributed by atoms with Crippen LogP contribution in [0.2, 0.25) is 0 Å². The molecule has 0 radical (unpaired) electrons. The Balaban J connectivity index is 0.794. The van der Waals surface area contributed by atoms with Crippen LogP contribution >= 0.6 is 0 Å². The molecule has 3 aromatic carbocycles. The number of carbonyl (C=O) groups excluding carboxylic acids is 4. The number of para-hydroxylation sites is 1. The van der Waals surface area contributed by atoms with Gasteiger partial charge in [-0.3, -0.25) is 24.6 Å². The molecule has 14 nitrogen and oxygen atoms in total. The zero-order valence-corrected chi connectivity index (χ0v) is 33.1. The Hall–Kier alpha value is -5.89. The number of carbonyl (C=O) groups is 4. The molecule has 14 heteroatoms. The smallest absolute Gasteiger partial charge is 0.328 e. The van der Waals surface area contributed by atoms with Crippen LogP contribution in [0, 0.1) is 11.8 Å². The van der Waals surface area contributed by atoms with Gasteiger partial charge < -0.3 is 30.5 Å². The van der Waals surface area contributed by atoms with E-state index in [2.05, 4.69) is 39.6 Å². The number of primary amides is 1. The van der Waals surface area contributed by atoms with Gasteiger partial charge in [0.1, 0.15) is 28.6 Å². The monoisotopic (exact) mass is 787 g/mol. The van der Waals surface area contributed by atoms with Gasteiger partial charge >= 0.3 is 6.03 Å². The summed E-state index contributed by atoms with van der Waals surface area (Å²) in [6, 6.07) is 24.9. The van der Waals surface area contributed by atoms with Gasteiger partial charge in [0.05, 0.1) is 6.04 Å². The lowest BCUT2D eigenvalue weighted by Gasteiger charge is -2.38. The predicted molar refractivity (Wildman–Crippen MR) is 223 cm³/mol. The largest absolute Gasteiger partial charge is 0.457 e. The molecular formula is C44H53N9O5. The van der Waals surface area contributed by atoms with Gasteiger partial charge in [-0.05, 0) is 112 Å². The summed E-state index contributed by atoms with van der Waals surface area (Å²) in [6.07, 6.45) is 5.63. The van der Waals surface area contributed by atoms with E-state index in [-0.39, 0.29) is 23.9 Å². The standard InChI is InChI=1S/C44H53N9O5/c1-49(29-30-16-24-50(25-17-30)33-9-11-34(12-10-33)52-28-20-38(54)47-44(52)57)23-21-39(55)51-26-18-31(19-27-51)37-15-22-46-43-40(42(45)56)41(48-53(37)43)32-7-13-36(14-8-32)58-35-5-3-2-4-6-35/h2-14,30-31,37,46H,15-29H2,1H3,(H2,45,56)(H,47,54,57)/t37-/m0/s1. The maximum absolute atomic E-state index is 13.4. The Labute approximate surface area is 339 Å². The summed E-state index contributed by atoms with van der Waals surface area (Å²) in [4.78, 5) is 58.3. The minimum Gasteiger partial charge on any atom is -0.457 e. The molecular weight excluding hydrogens is 735 g/mol. The third-order valence-corrected chi connectivity index (χ3v) is 12.2. The number of rotatable bonds is 12. The number of amides is 5. The zero-order valence-electron chi connectivity index (χ0n) is 33.1. The number of hydrogen-bond donors (Lipinski definition) is 3. The van der Waals surface area contributed by atoms with Crippen LogP contribution in [-0.4, -0.2) is 103 Å². The first kappa shape index (κ1) is 39.0. The maximum Gasteiger partial charge on any atom is 0.328 e. The number of hydrogen-bond acceptors (Lipinski definition) is 9. The van der Waals surface area contributed by atoms with E-state index in [1.165, 1.54) is 0 Å². The summed E-state index contributed by atoms with van der Waals surface area (Å²) < 4.78 is 7.95.